The molecule has 1 amide bonds. The second-order valence-electron chi connectivity index (χ2n) is 8.95. The molecule has 1 aromatic heterocycles. The number of para-hydroxylation sites is 1. The van der Waals surface area contributed by atoms with Crippen molar-refractivity contribution in [1.29, 1.82) is 0 Å². The van der Waals surface area contributed by atoms with Crippen LogP contribution >= 0.6 is 37.2 Å². The number of anilines is 3. The van der Waals surface area contributed by atoms with Crippen molar-refractivity contribution < 1.29 is 19.4 Å². The SMILES string of the molecule is COc1ccc(CC(=O)Nc2ccc3nc(N4CCN(c5ccccc5)CC4)cc(C(=O)O)c3c2)cc1.Cl.Cl.Cl. The highest BCUT2D eigenvalue weighted by atomic mass is 35.5. The number of rotatable bonds is 7. The Bertz CT molecular complexity index is 1430. The van der Waals surface area contributed by atoms with Gasteiger partial charge in [-0.25, -0.2) is 9.78 Å². The van der Waals surface area contributed by atoms with Crippen molar-refractivity contribution in [2.75, 3.05) is 48.4 Å². The Morgan fingerprint density at radius 1 is 0.875 bits per heavy atom. The number of carboxylic acid groups (broad SMARTS) is 1. The van der Waals surface area contributed by atoms with Crippen LogP contribution in [0.2, 0.25) is 0 Å². The Balaban J connectivity index is 0.00000187. The molecule has 0 saturated carbocycles. The van der Waals surface area contributed by atoms with Crippen molar-refractivity contribution in [3.63, 3.8) is 0 Å². The summed E-state index contributed by atoms with van der Waals surface area (Å²) < 4.78 is 5.15. The fourth-order valence-corrected chi connectivity index (χ4v) is 4.60. The Hall–Kier alpha value is -3.72. The van der Waals surface area contributed by atoms with Gasteiger partial charge in [0.2, 0.25) is 5.91 Å². The molecule has 1 aliphatic rings. The molecule has 40 heavy (non-hydrogen) atoms. The smallest absolute Gasteiger partial charge is 0.336 e. The summed E-state index contributed by atoms with van der Waals surface area (Å²) in [7, 11) is 1.59. The van der Waals surface area contributed by atoms with E-state index in [2.05, 4.69) is 27.2 Å². The maximum absolute atomic E-state index is 12.6. The molecule has 0 spiro atoms. The number of methoxy groups -OCH3 is 1. The van der Waals surface area contributed by atoms with Crippen molar-refractivity contribution in [1.82, 2.24) is 4.98 Å². The molecule has 3 aromatic carbocycles. The summed E-state index contributed by atoms with van der Waals surface area (Å²) in [5.41, 5.74) is 3.30. The van der Waals surface area contributed by atoms with Crippen LogP contribution in [0.25, 0.3) is 10.9 Å². The lowest BCUT2D eigenvalue weighted by Gasteiger charge is -2.37. The van der Waals surface area contributed by atoms with Gasteiger partial charge in [-0.2, -0.15) is 0 Å². The van der Waals surface area contributed by atoms with Gasteiger partial charge in [-0.15, -0.1) is 37.2 Å². The van der Waals surface area contributed by atoms with Crippen LogP contribution in [0.3, 0.4) is 0 Å². The molecule has 2 N–H and O–H groups in total. The lowest BCUT2D eigenvalue weighted by atomic mass is 10.1. The number of ether oxygens (including phenoxy) is 1. The average Bonchev–Trinajstić information content (AvgIpc) is 2.93. The van der Waals surface area contributed by atoms with E-state index < -0.39 is 5.97 Å². The molecule has 0 aliphatic carbocycles. The van der Waals surface area contributed by atoms with Crippen LogP contribution in [0.1, 0.15) is 15.9 Å². The van der Waals surface area contributed by atoms with Crippen molar-refractivity contribution in [2.24, 2.45) is 0 Å². The van der Waals surface area contributed by atoms with Crippen LogP contribution in [0.15, 0.2) is 78.9 Å². The topological polar surface area (TPSA) is 95.0 Å². The van der Waals surface area contributed by atoms with Gasteiger partial charge in [-0.1, -0.05) is 30.3 Å². The number of halogens is 3. The zero-order valence-corrected chi connectivity index (χ0v) is 24.2. The van der Waals surface area contributed by atoms with E-state index in [9.17, 15) is 14.7 Å². The Morgan fingerprint density at radius 3 is 2.15 bits per heavy atom. The number of nitrogens with zero attached hydrogens (tertiary/aromatic N) is 3. The zero-order chi connectivity index (χ0) is 25.8. The average molecular weight is 606 g/mol. The summed E-state index contributed by atoms with van der Waals surface area (Å²) in [5, 5.41) is 13.3. The van der Waals surface area contributed by atoms with Gasteiger partial charge in [-0.05, 0) is 54.1 Å². The highest BCUT2D eigenvalue weighted by Crippen LogP contribution is 2.27. The molecule has 0 unspecified atom stereocenters. The molecule has 8 nitrogen and oxygen atoms in total. The van der Waals surface area contributed by atoms with Gasteiger partial charge in [0.15, 0.2) is 0 Å². The number of piperazine rings is 1. The van der Waals surface area contributed by atoms with Crippen molar-refractivity contribution in [2.45, 2.75) is 6.42 Å². The summed E-state index contributed by atoms with van der Waals surface area (Å²) in [6.07, 6.45) is 0.194. The number of hydrogen-bond acceptors (Lipinski definition) is 6. The molecule has 0 bridgehead atoms. The Kier molecular flexibility index (Phi) is 11.9. The van der Waals surface area contributed by atoms with Crippen molar-refractivity contribution in [3.8, 4) is 5.75 Å². The van der Waals surface area contributed by atoms with E-state index in [1.807, 2.05) is 42.5 Å². The van der Waals surface area contributed by atoms with Crippen LogP contribution in [-0.2, 0) is 11.2 Å². The number of fused-ring (bicyclic) bond motifs is 1. The number of carbonyl (C=O) groups excluding carboxylic acids is 1. The third-order valence-corrected chi connectivity index (χ3v) is 6.56. The number of nitrogens with one attached hydrogen (secondary N) is 1. The largest absolute Gasteiger partial charge is 0.497 e. The maximum Gasteiger partial charge on any atom is 0.336 e. The summed E-state index contributed by atoms with van der Waals surface area (Å²) in [6, 6.07) is 24.4. The number of pyridine rings is 1. The highest BCUT2D eigenvalue weighted by Gasteiger charge is 2.21. The predicted molar refractivity (Wildman–Crippen MR) is 167 cm³/mol. The molecule has 1 saturated heterocycles. The molecule has 0 radical (unpaired) electrons. The van der Waals surface area contributed by atoms with Crippen molar-refractivity contribution in [3.05, 3.63) is 90.0 Å². The Labute approximate surface area is 251 Å². The first-order valence-electron chi connectivity index (χ1n) is 12.2. The monoisotopic (exact) mass is 604 g/mol. The van der Waals surface area contributed by atoms with Crippen LogP contribution in [-0.4, -0.2) is 55.3 Å². The van der Waals surface area contributed by atoms with Gasteiger partial charge in [0.1, 0.15) is 11.6 Å². The van der Waals surface area contributed by atoms with Gasteiger partial charge in [-0.3, -0.25) is 4.79 Å². The Morgan fingerprint density at radius 2 is 1.52 bits per heavy atom. The van der Waals surface area contributed by atoms with E-state index in [1.165, 1.54) is 5.69 Å². The van der Waals surface area contributed by atoms with Gasteiger partial charge in [0.05, 0.1) is 24.6 Å². The molecule has 0 atom stereocenters. The van der Waals surface area contributed by atoms with Gasteiger partial charge in [0, 0.05) is 42.9 Å². The number of aromatic carboxylic acids is 1. The van der Waals surface area contributed by atoms with E-state index >= 15 is 0 Å². The molecule has 212 valence electrons. The predicted octanol–water partition coefficient (Wildman–Crippen LogP) is 5.71. The molecule has 1 fully saturated rings. The van der Waals surface area contributed by atoms with E-state index in [1.54, 1.807) is 31.4 Å². The number of hydrogen-bond donors (Lipinski definition) is 2. The lowest BCUT2D eigenvalue weighted by Crippen LogP contribution is -2.46. The number of carbonyl (C=O) groups is 2. The first-order valence-corrected chi connectivity index (χ1v) is 12.2. The molecule has 11 heteroatoms. The summed E-state index contributed by atoms with van der Waals surface area (Å²) in [6.45, 7) is 3.13. The van der Waals surface area contributed by atoms with Gasteiger partial charge >= 0.3 is 5.97 Å². The second kappa shape index (κ2) is 14.6. The molecule has 1 aliphatic heterocycles. The second-order valence-corrected chi connectivity index (χ2v) is 8.95. The summed E-state index contributed by atoms with van der Waals surface area (Å²) in [4.78, 5) is 34.0. The maximum atomic E-state index is 12.6. The van der Waals surface area contributed by atoms with Crippen LogP contribution in [0.5, 0.6) is 5.75 Å². The third kappa shape index (κ3) is 7.47. The van der Waals surface area contributed by atoms with Crippen LogP contribution in [0, 0.1) is 0 Å². The van der Waals surface area contributed by atoms with Crippen LogP contribution in [0.4, 0.5) is 17.2 Å². The lowest BCUT2D eigenvalue weighted by molar-refractivity contribution is -0.115. The fraction of sp³-hybridized carbons (Fsp3) is 0.207. The van der Waals surface area contributed by atoms with E-state index in [0.29, 0.717) is 22.4 Å². The zero-order valence-electron chi connectivity index (χ0n) is 21.8. The summed E-state index contributed by atoms with van der Waals surface area (Å²) in [5.74, 6) is 0.152. The normalized spacial score (nSPS) is 12.4. The third-order valence-electron chi connectivity index (χ3n) is 6.56. The number of carboxylic acids is 1. The van der Waals surface area contributed by atoms with Crippen LogP contribution < -0.4 is 19.9 Å². The van der Waals surface area contributed by atoms with E-state index in [0.717, 1.165) is 37.5 Å². The molecule has 2 heterocycles. The number of amides is 1. The van der Waals surface area contributed by atoms with Gasteiger partial charge in [0.25, 0.3) is 0 Å². The fourth-order valence-electron chi connectivity index (χ4n) is 4.60. The first-order chi connectivity index (χ1) is 18.0. The number of aromatic nitrogens is 1. The van der Waals surface area contributed by atoms with Gasteiger partial charge < -0.3 is 25.0 Å². The molecular formula is C29H31Cl3N4O4. The molecule has 5 rings (SSSR count). The van der Waals surface area contributed by atoms with E-state index in [-0.39, 0.29) is 55.1 Å². The molecular weight excluding hydrogens is 575 g/mol. The summed E-state index contributed by atoms with van der Waals surface area (Å²) >= 11 is 0. The minimum absolute atomic E-state index is 0. The number of benzene rings is 3. The highest BCUT2D eigenvalue weighted by molar-refractivity contribution is 6.05. The van der Waals surface area contributed by atoms with Crippen molar-refractivity contribution >= 4 is 77.2 Å². The first kappa shape index (κ1) is 32.5. The molecule has 4 aromatic rings. The minimum atomic E-state index is -1.03. The standard InChI is InChI=1S/C29H28N4O4.3ClH/c1-37-23-10-7-20(8-11-23)17-28(34)30-21-9-12-26-24(18-21)25(29(35)36)19-27(31-26)33-15-13-32(14-16-33)22-5-3-2-4-6-22;;;/h2-12,18-19H,13-17H2,1H3,(H,30,34)(H,35,36);3*1H. The minimum Gasteiger partial charge on any atom is -0.497 e. The van der Waals surface area contributed by atoms with E-state index in [4.69, 9.17) is 9.72 Å². The quantitative estimate of drug-likeness (QED) is 0.278.